The fraction of sp³-hybridized carbons (Fsp3) is 0.0909. The summed E-state index contributed by atoms with van der Waals surface area (Å²) >= 11 is 0. The van der Waals surface area contributed by atoms with E-state index in [1.54, 1.807) is 67.6 Å². The molecule has 0 aliphatic rings. The van der Waals surface area contributed by atoms with Gasteiger partial charge in [0.2, 0.25) is 0 Å². The van der Waals surface area contributed by atoms with Gasteiger partial charge in [0.05, 0.1) is 0 Å². The lowest BCUT2D eigenvalue weighted by atomic mass is 9.88. The molecule has 0 aliphatic heterocycles. The smallest absolute Gasteiger partial charge is 0.319 e. The highest BCUT2D eigenvalue weighted by molar-refractivity contribution is 7.70. The second kappa shape index (κ2) is 7.64. The minimum Gasteiger partial charge on any atom is -0.319 e. The van der Waals surface area contributed by atoms with Crippen LogP contribution in [0.1, 0.15) is 37.4 Å². The SMILES string of the molecule is Cc1ccc(C(=O)c2c(-c3ccccc3)ccc(C)c2C(=O)P(=O)(O)O)cc1. The molecule has 142 valence electrons. The molecule has 0 saturated carbocycles. The molecule has 3 rings (SSSR count). The average Bonchev–Trinajstić information content (AvgIpc) is 2.67. The number of carbonyl (C=O) groups excluding carboxylic acids is 2. The summed E-state index contributed by atoms with van der Waals surface area (Å²) in [7, 11) is -5.07. The van der Waals surface area contributed by atoms with Crippen LogP contribution in [0.3, 0.4) is 0 Å². The Labute approximate surface area is 162 Å². The Hall–Kier alpha value is -2.85. The van der Waals surface area contributed by atoms with Crippen molar-refractivity contribution >= 4 is 18.9 Å². The van der Waals surface area contributed by atoms with E-state index in [0.717, 1.165) is 5.56 Å². The second-order valence-corrected chi connectivity index (χ2v) is 8.08. The standard InChI is InChI=1S/C22H19O5P/c1-14-8-11-17(12-9-14)21(23)20-18(16-6-4-3-5-7-16)13-10-15(2)19(20)22(24)28(25,26)27/h3-13H,1-2H3,(H2,25,26,27). The van der Waals surface area contributed by atoms with Crippen LogP contribution in [0.4, 0.5) is 0 Å². The van der Waals surface area contributed by atoms with E-state index < -0.39 is 18.9 Å². The molecule has 0 aromatic heterocycles. The van der Waals surface area contributed by atoms with Gasteiger partial charge >= 0.3 is 7.60 Å². The van der Waals surface area contributed by atoms with Gasteiger partial charge in [0, 0.05) is 16.7 Å². The predicted octanol–water partition coefficient (Wildman–Crippen LogP) is 4.52. The average molecular weight is 394 g/mol. The Morgan fingerprint density at radius 1 is 0.786 bits per heavy atom. The van der Waals surface area contributed by atoms with Gasteiger partial charge in [-0.25, -0.2) is 0 Å². The molecule has 6 heteroatoms. The third kappa shape index (κ3) is 3.87. The molecule has 0 radical (unpaired) electrons. The van der Waals surface area contributed by atoms with Gasteiger partial charge in [-0.1, -0.05) is 72.3 Å². The third-order valence-corrected chi connectivity index (χ3v) is 5.27. The zero-order valence-corrected chi connectivity index (χ0v) is 16.3. The van der Waals surface area contributed by atoms with E-state index in [1.165, 1.54) is 0 Å². The van der Waals surface area contributed by atoms with Crippen LogP contribution in [0.25, 0.3) is 11.1 Å². The maximum absolute atomic E-state index is 13.4. The summed E-state index contributed by atoms with van der Waals surface area (Å²) in [5, 5.41) is 0. The second-order valence-electron chi connectivity index (χ2n) is 6.59. The fourth-order valence-corrected chi connectivity index (χ4v) is 3.65. The van der Waals surface area contributed by atoms with Gasteiger partial charge in [-0.15, -0.1) is 0 Å². The van der Waals surface area contributed by atoms with Crippen LogP contribution >= 0.6 is 7.60 Å². The Morgan fingerprint density at radius 2 is 1.39 bits per heavy atom. The number of hydrogen-bond acceptors (Lipinski definition) is 3. The molecule has 0 fully saturated rings. The summed E-state index contributed by atoms with van der Waals surface area (Å²) in [5.41, 5.74) is 1.19. The van der Waals surface area contributed by atoms with Crippen LogP contribution in [0, 0.1) is 13.8 Å². The maximum Gasteiger partial charge on any atom is 0.396 e. The number of rotatable bonds is 5. The van der Waals surface area contributed by atoms with Gasteiger partial charge in [0.1, 0.15) is 0 Å². The quantitative estimate of drug-likeness (QED) is 0.490. The van der Waals surface area contributed by atoms with Gasteiger partial charge in [0.25, 0.3) is 5.52 Å². The molecule has 3 aromatic carbocycles. The van der Waals surface area contributed by atoms with E-state index in [0.29, 0.717) is 22.3 Å². The monoisotopic (exact) mass is 394 g/mol. The number of aryl methyl sites for hydroxylation is 2. The van der Waals surface area contributed by atoms with Crippen LogP contribution in [0.2, 0.25) is 0 Å². The fourth-order valence-electron chi connectivity index (χ4n) is 3.07. The lowest BCUT2D eigenvalue weighted by Gasteiger charge is -2.17. The van der Waals surface area contributed by atoms with Crippen molar-refractivity contribution in [2.45, 2.75) is 13.8 Å². The Bertz CT molecular complexity index is 1100. The van der Waals surface area contributed by atoms with Crippen LogP contribution in [0.5, 0.6) is 0 Å². The molecular weight excluding hydrogens is 375 g/mol. The minimum atomic E-state index is -5.07. The molecule has 0 aliphatic carbocycles. The number of hydrogen-bond donors (Lipinski definition) is 2. The van der Waals surface area contributed by atoms with E-state index in [2.05, 4.69) is 0 Å². The molecule has 0 unspecified atom stereocenters. The minimum absolute atomic E-state index is 0.00313. The van der Waals surface area contributed by atoms with Gasteiger partial charge in [-0.2, -0.15) is 0 Å². The molecule has 3 aromatic rings. The lowest BCUT2D eigenvalue weighted by Crippen LogP contribution is -2.14. The van der Waals surface area contributed by atoms with E-state index in [9.17, 15) is 23.9 Å². The van der Waals surface area contributed by atoms with Gasteiger partial charge in [0.15, 0.2) is 5.78 Å². The first-order valence-electron chi connectivity index (χ1n) is 8.61. The number of carbonyl (C=O) groups is 2. The number of ketones is 1. The predicted molar refractivity (Wildman–Crippen MR) is 108 cm³/mol. The van der Waals surface area contributed by atoms with Gasteiger partial charge < -0.3 is 9.79 Å². The van der Waals surface area contributed by atoms with Crippen molar-refractivity contribution < 1.29 is 23.9 Å². The van der Waals surface area contributed by atoms with Crippen molar-refractivity contribution in [3.63, 3.8) is 0 Å². The van der Waals surface area contributed by atoms with Crippen molar-refractivity contribution in [1.29, 1.82) is 0 Å². The number of benzene rings is 3. The van der Waals surface area contributed by atoms with Gasteiger partial charge in [-0.3, -0.25) is 14.2 Å². The summed E-state index contributed by atoms with van der Waals surface area (Å²) in [6.07, 6.45) is 0. The van der Waals surface area contributed by atoms with Crippen LogP contribution < -0.4 is 0 Å². The molecule has 0 amide bonds. The highest BCUT2D eigenvalue weighted by atomic mass is 31.2. The third-order valence-electron chi connectivity index (χ3n) is 4.52. The van der Waals surface area contributed by atoms with E-state index in [4.69, 9.17) is 0 Å². The zero-order chi connectivity index (χ0) is 20.5. The molecular formula is C22H19O5P. The van der Waals surface area contributed by atoms with E-state index >= 15 is 0 Å². The van der Waals surface area contributed by atoms with Crippen molar-refractivity contribution in [2.24, 2.45) is 0 Å². The van der Waals surface area contributed by atoms with E-state index in [-0.39, 0.29) is 11.1 Å². The largest absolute Gasteiger partial charge is 0.396 e. The Balaban J connectivity index is 2.34. The van der Waals surface area contributed by atoms with Gasteiger partial charge in [-0.05, 0) is 30.5 Å². The first-order chi connectivity index (χ1) is 13.2. The summed E-state index contributed by atoms with van der Waals surface area (Å²) in [4.78, 5) is 44.9. The lowest BCUT2D eigenvalue weighted by molar-refractivity contribution is 0.101. The topological polar surface area (TPSA) is 91.7 Å². The van der Waals surface area contributed by atoms with Crippen molar-refractivity contribution in [3.05, 3.63) is 94.5 Å². The molecule has 2 N–H and O–H groups in total. The normalized spacial score (nSPS) is 11.3. The van der Waals surface area contributed by atoms with E-state index in [1.807, 2.05) is 13.0 Å². The molecule has 28 heavy (non-hydrogen) atoms. The first kappa shape index (κ1) is 19.9. The molecule has 0 bridgehead atoms. The van der Waals surface area contributed by atoms with Crippen LogP contribution in [0.15, 0.2) is 66.7 Å². The molecule has 0 spiro atoms. The Morgan fingerprint density at radius 3 is 1.96 bits per heavy atom. The van der Waals surface area contributed by atoms with Crippen molar-refractivity contribution in [3.8, 4) is 11.1 Å². The summed E-state index contributed by atoms with van der Waals surface area (Å²) in [6, 6.07) is 19.1. The summed E-state index contributed by atoms with van der Waals surface area (Å²) in [5.74, 6) is -0.459. The molecule has 0 saturated heterocycles. The molecule has 5 nitrogen and oxygen atoms in total. The van der Waals surface area contributed by atoms with Crippen LogP contribution in [-0.2, 0) is 4.57 Å². The van der Waals surface area contributed by atoms with Crippen LogP contribution in [-0.4, -0.2) is 21.1 Å². The summed E-state index contributed by atoms with van der Waals surface area (Å²) in [6.45, 7) is 3.45. The highest BCUT2D eigenvalue weighted by Gasteiger charge is 2.34. The summed E-state index contributed by atoms with van der Waals surface area (Å²) < 4.78 is 11.7. The van der Waals surface area contributed by atoms with Crippen molar-refractivity contribution in [2.75, 3.05) is 0 Å². The Kier molecular flexibility index (Phi) is 5.43. The zero-order valence-electron chi connectivity index (χ0n) is 15.4. The molecule has 0 heterocycles. The van der Waals surface area contributed by atoms with Crippen molar-refractivity contribution in [1.82, 2.24) is 0 Å². The highest BCUT2D eigenvalue weighted by Crippen LogP contribution is 2.43. The molecule has 0 atom stereocenters. The maximum atomic E-state index is 13.4. The first-order valence-corrected chi connectivity index (χ1v) is 10.2.